The van der Waals surface area contributed by atoms with Gasteiger partial charge in [0.15, 0.2) is 6.61 Å². The van der Waals surface area contributed by atoms with Crippen molar-refractivity contribution in [3.63, 3.8) is 0 Å². The van der Waals surface area contributed by atoms with Crippen LogP contribution < -0.4 is 4.74 Å². The van der Waals surface area contributed by atoms with E-state index in [9.17, 15) is 13.2 Å². The third kappa shape index (κ3) is 3.71. The predicted octanol–water partition coefficient (Wildman–Crippen LogP) is 2.22. The third-order valence-electron chi connectivity index (χ3n) is 3.53. The fourth-order valence-electron chi connectivity index (χ4n) is 2.32. The van der Waals surface area contributed by atoms with Gasteiger partial charge in [0, 0.05) is 13.1 Å². The topological polar surface area (TPSA) is 83.9 Å². The van der Waals surface area contributed by atoms with Crippen LogP contribution in [-0.4, -0.2) is 43.5 Å². The summed E-state index contributed by atoms with van der Waals surface area (Å²) < 4.78 is 31.6. The van der Waals surface area contributed by atoms with Crippen LogP contribution in [0, 0.1) is 5.41 Å². The highest BCUT2D eigenvalue weighted by atomic mass is 35.5. The SMILES string of the molecule is CC1(C)CCN(S(=O)(=O)c2ccc(OCC(=O)O)c(Cl)c2)C1. The number of aliphatic carboxylic acids is 1. The van der Waals surface area contributed by atoms with Crippen LogP contribution in [0.1, 0.15) is 20.3 Å². The fourth-order valence-corrected chi connectivity index (χ4v) is 4.27. The van der Waals surface area contributed by atoms with Crippen molar-refractivity contribution < 1.29 is 23.1 Å². The first kappa shape index (κ1) is 17.1. The zero-order valence-electron chi connectivity index (χ0n) is 12.4. The standard InChI is InChI=1S/C14H18ClNO5S/c1-14(2)5-6-16(9-14)22(19,20)10-3-4-12(11(15)7-10)21-8-13(17)18/h3-4,7H,5-6,8-9H2,1-2H3,(H,17,18). The molecule has 1 aliphatic rings. The van der Waals surface area contributed by atoms with Crippen molar-refractivity contribution in [1.29, 1.82) is 0 Å². The van der Waals surface area contributed by atoms with Crippen molar-refractivity contribution in [3.05, 3.63) is 23.2 Å². The van der Waals surface area contributed by atoms with Gasteiger partial charge in [-0.1, -0.05) is 25.4 Å². The predicted molar refractivity (Wildman–Crippen MR) is 81.7 cm³/mol. The summed E-state index contributed by atoms with van der Waals surface area (Å²) in [6.07, 6.45) is 0.805. The summed E-state index contributed by atoms with van der Waals surface area (Å²) >= 11 is 5.98. The van der Waals surface area contributed by atoms with Gasteiger partial charge >= 0.3 is 5.97 Å². The van der Waals surface area contributed by atoms with E-state index in [1.54, 1.807) is 0 Å². The van der Waals surface area contributed by atoms with E-state index < -0.39 is 22.6 Å². The van der Waals surface area contributed by atoms with Crippen LogP contribution in [0.5, 0.6) is 5.75 Å². The van der Waals surface area contributed by atoms with Crippen LogP contribution >= 0.6 is 11.6 Å². The number of rotatable bonds is 5. The van der Waals surface area contributed by atoms with Crippen molar-refractivity contribution >= 4 is 27.6 Å². The van der Waals surface area contributed by atoms with E-state index in [4.69, 9.17) is 21.4 Å². The summed E-state index contributed by atoms with van der Waals surface area (Å²) in [6.45, 7) is 4.46. The Morgan fingerprint density at radius 2 is 2.14 bits per heavy atom. The second-order valence-corrected chi connectivity index (χ2v) is 8.37. The average molecular weight is 348 g/mol. The molecule has 0 aromatic heterocycles. The van der Waals surface area contributed by atoms with Gasteiger partial charge in [0.1, 0.15) is 5.75 Å². The molecule has 0 atom stereocenters. The van der Waals surface area contributed by atoms with Gasteiger partial charge < -0.3 is 9.84 Å². The molecular weight excluding hydrogens is 330 g/mol. The van der Waals surface area contributed by atoms with Crippen LogP contribution in [0.2, 0.25) is 5.02 Å². The van der Waals surface area contributed by atoms with Crippen molar-refractivity contribution in [2.75, 3.05) is 19.7 Å². The molecule has 0 saturated carbocycles. The van der Waals surface area contributed by atoms with Crippen LogP contribution in [0.3, 0.4) is 0 Å². The number of carbonyl (C=O) groups is 1. The van der Waals surface area contributed by atoms with Crippen LogP contribution in [0.4, 0.5) is 0 Å². The van der Waals surface area contributed by atoms with E-state index in [0.717, 1.165) is 6.42 Å². The van der Waals surface area contributed by atoms with E-state index in [1.807, 2.05) is 13.8 Å². The Bertz CT molecular complexity index is 686. The minimum atomic E-state index is -3.60. The largest absolute Gasteiger partial charge is 0.480 e. The van der Waals surface area contributed by atoms with Gasteiger partial charge in [0.05, 0.1) is 9.92 Å². The average Bonchev–Trinajstić information content (AvgIpc) is 2.78. The quantitative estimate of drug-likeness (QED) is 0.882. The summed E-state index contributed by atoms with van der Waals surface area (Å²) in [6, 6.07) is 4.04. The summed E-state index contributed by atoms with van der Waals surface area (Å²) in [5.74, 6) is -0.989. The lowest BCUT2D eigenvalue weighted by Crippen LogP contribution is -2.30. The lowest BCUT2D eigenvalue weighted by atomic mass is 9.93. The normalized spacial score (nSPS) is 18.3. The second kappa shape index (κ2) is 6.06. The van der Waals surface area contributed by atoms with E-state index in [-0.39, 0.29) is 21.1 Å². The van der Waals surface area contributed by atoms with Gasteiger partial charge in [-0.05, 0) is 30.0 Å². The van der Waals surface area contributed by atoms with Crippen molar-refractivity contribution in [2.24, 2.45) is 5.41 Å². The number of benzene rings is 1. The summed E-state index contributed by atoms with van der Waals surface area (Å²) in [4.78, 5) is 10.6. The molecule has 0 aliphatic carbocycles. The van der Waals surface area contributed by atoms with Crippen molar-refractivity contribution in [2.45, 2.75) is 25.2 Å². The minimum Gasteiger partial charge on any atom is -0.480 e. The van der Waals surface area contributed by atoms with Crippen LogP contribution in [0.15, 0.2) is 23.1 Å². The number of hydrogen-bond donors (Lipinski definition) is 1. The lowest BCUT2D eigenvalue weighted by Gasteiger charge is -2.20. The molecule has 1 aliphatic heterocycles. The molecule has 1 aromatic carbocycles. The first-order chi connectivity index (χ1) is 10.1. The molecule has 0 radical (unpaired) electrons. The first-order valence-electron chi connectivity index (χ1n) is 6.76. The second-order valence-electron chi connectivity index (χ2n) is 6.03. The maximum atomic E-state index is 12.6. The van der Waals surface area contributed by atoms with Gasteiger partial charge in [-0.3, -0.25) is 0 Å². The number of halogens is 1. The van der Waals surface area contributed by atoms with Crippen molar-refractivity contribution in [3.8, 4) is 5.75 Å². The number of carboxylic acids is 1. The minimum absolute atomic E-state index is 0.0403. The Morgan fingerprint density at radius 1 is 1.45 bits per heavy atom. The van der Waals surface area contributed by atoms with E-state index in [0.29, 0.717) is 13.1 Å². The number of sulfonamides is 1. The Hall–Kier alpha value is -1.31. The van der Waals surface area contributed by atoms with E-state index in [1.165, 1.54) is 22.5 Å². The molecule has 1 saturated heterocycles. The zero-order valence-corrected chi connectivity index (χ0v) is 13.9. The number of ether oxygens (including phenoxy) is 1. The monoisotopic (exact) mass is 347 g/mol. The van der Waals surface area contributed by atoms with Crippen LogP contribution in [-0.2, 0) is 14.8 Å². The Labute approximate surface area is 134 Å². The van der Waals surface area contributed by atoms with Gasteiger partial charge in [-0.15, -0.1) is 0 Å². The summed E-state index contributed by atoms with van der Waals surface area (Å²) in [5.41, 5.74) is -0.0403. The maximum absolute atomic E-state index is 12.6. The molecule has 1 N–H and O–H groups in total. The molecule has 0 unspecified atom stereocenters. The highest BCUT2D eigenvalue weighted by Crippen LogP contribution is 2.34. The van der Waals surface area contributed by atoms with E-state index in [2.05, 4.69) is 0 Å². The molecule has 1 aromatic rings. The molecule has 1 heterocycles. The molecule has 8 heteroatoms. The Morgan fingerprint density at radius 3 is 2.64 bits per heavy atom. The molecule has 6 nitrogen and oxygen atoms in total. The number of hydrogen-bond acceptors (Lipinski definition) is 4. The third-order valence-corrected chi connectivity index (χ3v) is 5.67. The number of carboxylic acid groups (broad SMARTS) is 1. The summed E-state index contributed by atoms with van der Waals surface area (Å²) in [5, 5.41) is 8.64. The maximum Gasteiger partial charge on any atom is 0.341 e. The fraction of sp³-hybridized carbons (Fsp3) is 0.500. The molecule has 1 fully saturated rings. The van der Waals surface area contributed by atoms with Gasteiger partial charge in [-0.2, -0.15) is 4.31 Å². The molecule has 2 rings (SSSR count). The first-order valence-corrected chi connectivity index (χ1v) is 8.58. The highest BCUT2D eigenvalue weighted by molar-refractivity contribution is 7.89. The van der Waals surface area contributed by atoms with Crippen molar-refractivity contribution in [1.82, 2.24) is 4.31 Å². The molecular formula is C14H18ClNO5S. The summed E-state index contributed by atoms with van der Waals surface area (Å²) in [7, 11) is -3.60. The zero-order chi connectivity index (χ0) is 16.5. The lowest BCUT2D eigenvalue weighted by molar-refractivity contribution is -0.139. The molecule has 22 heavy (non-hydrogen) atoms. The van der Waals surface area contributed by atoms with Gasteiger partial charge in [-0.25, -0.2) is 13.2 Å². The smallest absolute Gasteiger partial charge is 0.341 e. The van der Waals surface area contributed by atoms with Gasteiger partial charge in [0.2, 0.25) is 10.0 Å². The van der Waals surface area contributed by atoms with Gasteiger partial charge in [0.25, 0.3) is 0 Å². The molecule has 0 spiro atoms. The molecule has 0 amide bonds. The molecule has 122 valence electrons. The number of nitrogens with zero attached hydrogens (tertiary/aromatic N) is 1. The van der Waals surface area contributed by atoms with E-state index >= 15 is 0 Å². The molecule has 0 bridgehead atoms. The highest BCUT2D eigenvalue weighted by Gasteiger charge is 2.37. The van der Waals surface area contributed by atoms with Crippen LogP contribution in [0.25, 0.3) is 0 Å². The Balaban J connectivity index is 2.22. The Kier molecular flexibility index (Phi) is 4.70.